The number of hydrogen-bond donors (Lipinski definition) is 2. The second-order valence-electron chi connectivity index (χ2n) is 9.11. The molecule has 2 N–H and O–H groups in total. The number of fused-ring (bicyclic) bond motifs is 1. The number of methoxy groups -OCH3 is 1. The molecule has 1 saturated heterocycles. The summed E-state index contributed by atoms with van der Waals surface area (Å²) < 4.78 is 45.7. The second-order valence-corrected chi connectivity index (χ2v) is 9.11. The molecule has 4 rings (SSSR count). The van der Waals surface area contributed by atoms with Gasteiger partial charge in [0.25, 0.3) is 5.56 Å². The van der Waals surface area contributed by atoms with E-state index in [0.717, 1.165) is 55.0 Å². The molecule has 0 bridgehead atoms. The summed E-state index contributed by atoms with van der Waals surface area (Å²) in [5, 5.41) is 4.38. The summed E-state index contributed by atoms with van der Waals surface area (Å²) in [6.07, 6.45) is -1.99. The molecule has 0 saturated carbocycles. The molecule has 8 heteroatoms. The Hall–Kier alpha value is -2.68. The molecule has 1 aliphatic heterocycles. The van der Waals surface area contributed by atoms with Crippen LogP contribution in [0.3, 0.4) is 0 Å². The Balaban J connectivity index is 1.70. The number of aromatic amines is 1. The van der Waals surface area contributed by atoms with Crippen molar-refractivity contribution in [2.75, 3.05) is 33.4 Å². The Morgan fingerprint density at radius 3 is 2.54 bits per heavy atom. The number of benzene rings is 2. The van der Waals surface area contributed by atoms with Crippen LogP contribution in [0.25, 0.3) is 10.9 Å². The Labute approximate surface area is 203 Å². The lowest BCUT2D eigenvalue weighted by molar-refractivity contribution is -0.137. The van der Waals surface area contributed by atoms with Crippen LogP contribution < -0.4 is 10.9 Å². The molecule has 1 aromatic heterocycles. The van der Waals surface area contributed by atoms with Crippen molar-refractivity contribution in [1.29, 1.82) is 0 Å². The van der Waals surface area contributed by atoms with Crippen LogP contribution >= 0.6 is 0 Å². The highest BCUT2D eigenvalue weighted by molar-refractivity contribution is 5.80. The molecular weight excluding hydrogens is 455 g/mol. The highest BCUT2D eigenvalue weighted by Crippen LogP contribution is 2.36. The number of H-pyrrole nitrogens is 1. The summed E-state index contributed by atoms with van der Waals surface area (Å²) in [4.78, 5) is 17.4. The van der Waals surface area contributed by atoms with Crippen molar-refractivity contribution in [2.24, 2.45) is 0 Å². The first-order chi connectivity index (χ1) is 16.8. The fourth-order valence-corrected chi connectivity index (χ4v) is 4.93. The van der Waals surface area contributed by atoms with Crippen molar-refractivity contribution in [3.05, 3.63) is 81.1 Å². The molecule has 0 spiro atoms. The number of alkyl halides is 3. The zero-order chi connectivity index (χ0) is 25.0. The normalized spacial score (nSPS) is 16.6. The molecule has 0 aliphatic carbocycles. The molecule has 2 aromatic carbocycles. The summed E-state index contributed by atoms with van der Waals surface area (Å²) >= 11 is 0. The van der Waals surface area contributed by atoms with Crippen LogP contribution in [0.2, 0.25) is 0 Å². The molecule has 3 aromatic rings. The summed E-state index contributed by atoms with van der Waals surface area (Å²) in [7, 11) is 1.67. The quantitative estimate of drug-likeness (QED) is 0.444. The maximum Gasteiger partial charge on any atom is 0.416 e. The van der Waals surface area contributed by atoms with Gasteiger partial charge in [-0.15, -0.1) is 0 Å². The maximum absolute atomic E-state index is 13.5. The zero-order valence-electron chi connectivity index (χ0n) is 20.1. The van der Waals surface area contributed by atoms with Crippen LogP contribution in [0.4, 0.5) is 13.2 Å². The smallest absolute Gasteiger partial charge is 0.383 e. The number of pyridine rings is 1. The molecule has 0 amide bonds. The number of rotatable bonds is 8. The predicted molar refractivity (Wildman–Crippen MR) is 132 cm³/mol. The van der Waals surface area contributed by atoms with Crippen molar-refractivity contribution in [3.8, 4) is 0 Å². The van der Waals surface area contributed by atoms with Gasteiger partial charge in [-0.05, 0) is 66.1 Å². The number of aromatic nitrogens is 1. The maximum atomic E-state index is 13.5. The first-order valence-electron chi connectivity index (χ1n) is 12.1. The molecule has 35 heavy (non-hydrogen) atoms. The number of nitrogens with zero attached hydrogens (tertiary/aromatic N) is 1. The molecule has 1 fully saturated rings. The molecule has 1 atom stereocenters. The van der Waals surface area contributed by atoms with Gasteiger partial charge in [0.2, 0.25) is 0 Å². The average Bonchev–Trinajstić information content (AvgIpc) is 2.85. The van der Waals surface area contributed by atoms with Gasteiger partial charge in [0.15, 0.2) is 0 Å². The third-order valence-corrected chi connectivity index (χ3v) is 6.81. The topological polar surface area (TPSA) is 57.4 Å². The standard InChI is InChI=1S/C27H32F3N3O2/c1-3-18-15-21-16-20(7-8-24(21)32-26(18)34)25(19-5-4-6-22(17-19)27(28,29)30)33-12-9-23(10-13-33)31-11-14-35-2/h4-8,15-17,23,25,31H,3,9-14H2,1-2H3,(H,32,34). The number of aryl methyl sites for hydroxylation is 1. The highest BCUT2D eigenvalue weighted by Gasteiger charge is 2.33. The van der Waals surface area contributed by atoms with E-state index in [4.69, 9.17) is 4.74 Å². The van der Waals surface area contributed by atoms with Crippen molar-refractivity contribution in [1.82, 2.24) is 15.2 Å². The largest absolute Gasteiger partial charge is 0.416 e. The summed E-state index contributed by atoms with van der Waals surface area (Å²) in [5.74, 6) is 0. The van der Waals surface area contributed by atoms with E-state index in [9.17, 15) is 18.0 Å². The van der Waals surface area contributed by atoms with Gasteiger partial charge in [-0.1, -0.05) is 25.1 Å². The van der Waals surface area contributed by atoms with E-state index >= 15 is 0 Å². The Morgan fingerprint density at radius 2 is 1.86 bits per heavy atom. The Morgan fingerprint density at radius 1 is 1.11 bits per heavy atom. The summed E-state index contributed by atoms with van der Waals surface area (Å²) in [6, 6.07) is 13.3. The number of likely N-dealkylation sites (tertiary alicyclic amines) is 1. The van der Waals surface area contributed by atoms with E-state index in [0.29, 0.717) is 30.2 Å². The molecule has 5 nitrogen and oxygen atoms in total. The number of hydrogen-bond acceptors (Lipinski definition) is 4. The third-order valence-electron chi connectivity index (χ3n) is 6.81. The van der Waals surface area contributed by atoms with Crippen LogP contribution in [0.5, 0.6) is 0 Å². The zero-order valence-corrected chi connectivity index (χ0v) is 20.1. The fourth-order valence-electron chi connectivity index (χ4n) is 4.93. The van der Waals surface area contributed by atoms with Crippen molar-refractivity contribution in [2.45, 2.75) is 44.4 Å². The molecule has 1 unspecified atom stereocenters. The van der Waals surface area contributed by atoms with Gasteiger partial charge >= 0.3 is 6.18 Å². The summed E-state index contributed by atoms with van der Waals surface area (Å²) in [6.45, 7) is 4.87. The Bertz CT molecular complexity index is 1200. The fraction of sp³-hybridized carbons (Fsp3) is 0.444. The minimum Gasteiger partial charge on any atom is -0.383 e. The minimum atomic E-state index is -4.41. The van der Waals surface area contributed by atoms with Gasteiger partial charge in [-0.2, -0.15) is 13.2 Å². The predicted octanol–water partition coefficient (Wildman–Crippen LogP) is 4.90. The van der Waals surface area contributed by atoms with E-state index in [2.05, 4.69) is 15.2 Å². The lowest BCUT2D eigenvalue weighted by Gasteiger charge is -2.38. The van der Waals surface area contributed by atoms with E-state index in [1.165, 1.54) is 12.1 Å². The number of ether oxygens (including phenoxy) is 1. The van der Waals surface area contributed by atoms with Crippen LogP contribution in [0, 0.1) is 0 Å². The first kappa shape index (κ1) is 25.4. The molecule has 2 heterocycles. The monoisotopic (exact) mass is 487 g/mol. The van der Waals surface area contributed by atoms with Gasteiger partial charge in [0, 0.05) is 43.9 Å². The Kier molecular flexibility index (Phi) is 7.94. The highest BCUT2D eigenvalue weighted by atomic mass is 19.4. The van der Waals surface area contributed by atoms with Gasteiger partial charge in [0.05, 0.1) is 18.2 Å². The average molecular weight is 488 g/mol. The van der Waals surface area contributed by atoms with Gasteiger partial charge in [-0.25, -0.2) is 0 Å². The molecule has 188 valence electrons. The molecule has 0 radical (unpaired) electrons. The second kappa shape index (κ2) is 10.9. The summed E-state index contributed by atoms with van der Waals surface area (Å²) in [5.41, 5.74) is 2.19. The number of piperidine rings is 1. The minimum absolute atomic E-state index is 0.106. The van der Waals surface area contributed by atoms with Gasteiger partial charge in [-0.3, -0.25) is 9.69 Å². The van der Waals surface area contributed by atoms with Crippen LogP contribution in [-0.4, -0.2) is 49.3 Å². The SMILES string of the molecule is CCc1cc2cc(C(c3cccc(C(F)(F)F)c3)N3CCC(NCCOC)CC3)ccc2[nH]c1=O. The van der Waals surface area contributed by atoms with Crippen LogP contribution in [0.15, 0.2) is 53.3 Å². The van der Waals surface area contributed by atoms with E-state index in [1.807, 2.05) is 31.2 Å². The van der Waals surface area contributed by atoms with Gasteiger partial charge < -0.3 is 15.0 Å². The lowest BCUT2D eigenvalue weighted by atomic mass is 9.92. The van der Waals surface area contributed by atoms with Gasteiger partial charge in [0.1, 0.15) is 0 Å². The van der Waals surface area contributed by atoms with E-state index < -0.39 is 11.7 Å². The first-order valence-corrected chi connectivity index (χ1v) is 12.1. The van der Waals surface area contributed by atoms with E-state index in [1.54, 1.807) is 13.2 Å². The molecule has 1 aliphatic rings. The number of halogens is 3. The van der Waals surface area contributed by atoms with Crippen LogP contribution in [0.1, 0.15) is 48.1 Å². The van der Waals surface area contributed by atoms with Crippen molar-refractivity contribution >= 4 is 10.9 Å². The van der Waals surface area contributed by atoms with Crippen molar-refractivity contribution in [3.63, 3.8) is 0 Å². The van der Waals surface area contributed by atoms with Crippen LogP contribution in [-0.2, 0) is 17.3 Å². The third kappa shape index (κ3) is 5.94. The van der Waals surface area contributed by atoms with Crippen molar-refractivity contribution < 1.29 is 17.9 Å². The lowest BCUT2D eigenvalue weighted by Crippen LogP contribution is -2.44. The number of nitrogens with one attached hydrogen (secondary N) is 2. The molecular formula is C27H32F3N3O2. The van der Waals surface area contributed by atoms with E-state index in [-0.39, 0.29) is 11.6 Å².